The highest BCUT2D eigenvalue weighted by Gasteiger charge is 2.27. The number of nitrogens with one attached hydrogen (secondary N) is 1. The monoisotopic (exact) mass is 338 g/mol. The van der Waals surface area contributed by atoms with Gasteiger partial charge in [-0.15, -0.1) is 4.83 Å². The van der Waals surface area contributed by atoms with E-state index in [1.807, 2.05) is 0 Å². The number of hydrazine groups is 1. The Balaban J connectivity index is 2.37. The molecule has 0 radical (unpaired) electrons. The lowest BCUT2D eigenvalue weighted by Crippen LogP contribution is -2.48. The second kappa shape index (κ2) is 6.24. The van der Waals surface area contributed by atoms with Gasteiger partial charge in [-0.05, 0) is 12.1 Å². The maximum absolute atomic E-state index is 14.1. The number of sulfonamides is 1. The van der Waals surface area contributed by atoms with E-state index in [-0.39, 0.29) is 5.02 Å². The molecular formula is C11H12ClFN2O5S. The lowest BCUT2D eigenvalue weighted by Gasteiger charge is -2.26. The molecule has 0 aliphatic carbocycles. The summed E-state index contributed by atoms with van der Waals surface area (Å²) in [7, 11) is -4.27. The summed E-state index contributed by atoms with van der Waals surface area (Å²) in [5.74, 6) is -2.95. The average molecular weight is 339 g/mol. The van der Waals surface area contributed by atoms with Gasteiger partial charge in [-0.2, -0.15) is 0 Å². The third-order valence-corrected chi connectivity index (χ3v) is 4.38. The predicted molar refractivity (Wildman–Crippen MR) is 71.1 cm³/mol. The first-order valence-corrected chi connectivity index (χ1v) is 7.75. The van der Waals surface area contributed by atoms with Crippen LogP contribution < -0.4 is 4.83 Å². The van der Waals surface area contributed by atoms with Crippen molar-refractivity contribution in [2.75, 3.05) is 26.3 Å². The zero-order valence-electron chi connectivity index (χ0n) is 10.7. The van der Waals surface area contributed by atoms with Crippen LogP contribution in [0, 0.1) is 5.82 Å². The molecule has 2 rings (SSSR count). The van der Waals surface area contributed by atoms with Crippen molar-refractivity contribution >= 4 is 27.6 Å². The van der Waals surface area contributed by atoms with Gasteiger partial charge in [-0.1, -0.05) is 11.6 Å². The Kier molecular flexibility index (Phi) is 4.79. The molecule has 1 aliphatic heterocycles. The molecule has 0 bridgehead atoms. The first-order chi connectivity index (χ1) is 9.81. The number of halogens is 2. The molecule has 0 unspecified atom stereocenters. The first kappa shape index (κ1) is 16.1. The number of hydrogen-bond donors (Lipinski definition) is 2. The van der Waals surface area contributed by atoms with Crippen molar-refractivity contribution in [3.05, 3.63) is 28.5 Å². The number of carboxylic acid groups (broad SMARTS) is 1. The Morgan fingerprint density at radius 2 is 2.00 bits per heavy atom. The minimum absolute atomic E-state index is 0.184. The van der Waals surface area contributed by atoms with Crippen molar-refractivity contribution in [1.29, 1.82) is 0 Å². The van der Waals surface area contributed by atoms with Crippen LogP contribution >= 0.6 is 11.6 Å². The fourth-order valence-electron chi connectivity index (χ4n) is 1.79. The van der Waals surface area contributed by atoms with Gasteiger partial charge in [0.2, 0.25) is 0 Å². The molecule has 0 aromatic heterocycles. The van der Waals surface area contributed by atoms with Crippen LogP contribution in [0.2, 0.25) is 5.02 Å². The summed E-state index contributed by atoms with van der Waals surface area (Å²) in [5, 5.41) is 10.0. The fraction of sp³-hybridized carbons (Fsp3) is 0.364. The highest BCUT2D eigenvalue weighted by Crippen LogP contribution is 2.24. The van der Waals surface area contributed by atoms with E-state index in [2.05, 4.69) is 4.83 Å². The zero-order chi connectivity index (χ0) is 15.6. The minimum atomic E-state index is -4.27. The SMILES string of the molecule is O=C(O)c1cc(Cl)cc(S(=O)(=O)NN2CCOCC2)c1F. The molecule has 116 valence electrons. The van der Waals surface area contributed by atoms with Crippen LogP contribution in [0.5, 0.6) is 0 Å². The van der Waals surface area contributed by atoms with Crippen molar-refractivity contribution in [3.8, 4) is 0 Å². The van der Waals surface area contributed by atoms with E-state index in [0.717, 1.165) is 12.1 Å². The normalized spacial score (nSPS) is 16.9. The van der Waals surface area contributed by atoms with Crippen molar-refractivity contribution in [1.82, 2.24) is 9.84 Å². The maximum atomic E-state index is 14.1. The highest BCUT2D eigenvalue weighted by atomic mass is 35.5. The van der Waals surface area contributed by atoms with E-state index in [1.165, 1.54) is 5.01 Å². The minimum Gasteiger partial charge on any atom is -0.478 e. The molecule has 0 saturated carbocycles. The summed E-state index contributed by atoms with van der Waals surface area (Å²) < 4.78 is 43.4. The predicted octanol–water partition coefficient (Wildman–Crippen LogP) is 0.703. The summed E-state index contributed by atoms with van der Waals surface area (Å²) >= 11 is 5.66. The molecule has 1 aromatic rings. The second-order valence-corrected chi connectivity index (χ2v) is 6.33. The number of carbonyl (C=O) groups is 1. The highest BCUT2D eigenvalue weighted by molar-refractivity contribution is 7.89. The molecule has 1 fully saturated rings. The molecule has 1 heterocycles. The molecule has 21 heavy (non-hydrogen) atoms. The van der Waals surface area contributed by atoms with Gasteiger partial charge in [0.05, 0.1) is 18.8 Å². The third-order valence-electron chi connectivity index (χ3n) is 2.78. The number of morpholine rings is 1. The number of ether oxygens (including phenoxy) is 1. The fourth-order valence-corrected chi connectivity index (χ4v) is 3.32. The largest absolute Gasteiger partial charge is 0.478 e. The Morgan fingerprint density at radius 3 is 2.57 bits per heavy atom. The third kappa shape index (κ3) is 3.69. The number of benzene rings is 1. The molecule has 0 atom stereocenters. The molecule has 0 spiro atoms. The Morgan fingerprint density at radius 1 is 1.38 bits per heavy atom. The number of hydrogen-bond acceptors (Lipinski definition) is 5. The average Bonchev–Trinajstić information content (AvgIpc) is 2.41. The summed E-state index contributed by atoms with van der Waals surface area (Å²) in [5.41, 5.74) is -0.801. The molecule has 0 amide bonds. The Hall–Kier alpha value is -1.26. The maximum Gasteiger partial charge on any atom is 0.338 e. The lowest BCUT2D eigenvalue weighted by molar-refractivity contribution is 0.0272. The van der Waals surface area contributed by atoms with E-state index < -0.39 is 32.3 Å². The van der Waals surface area contributed by atoms with Crippen LogP contribution in [0.1, 0.15) is 10.4 Å². The lowest BCUT2D eigenvalue weighted by atomic mass is 10.2. The van der Waals surface area contributed by atoms with Gasteiger partial charge < -0.3 is 9.84 Å². The van der Waals surface area contributed by atoms with Crippen molar-refractivity contribution < 1.29 is 27.4 Å². The number of aromatic carboxylic acids is 1. The van der Waals surface area contributed by atoms with Crippen molar-refractivity contribution in [3.63, 3.8) is 0 Å². The van der Waals surface area contributed by atoms with Gasteiger partial charge in [-0.25, -0.2) is 22.6 Å². The summed E-state index contributed by atoms with van der Waals surface area (Å²) in [6.07, 6.45) is 0. The van der Waals surface area contributed by atoms with Gasteiger partial charge in [0.1, 0.15) is 4.90 Å². The van der Waals surface area contributed by atoms with E-state index in [0.29, 0.717) is 26.3 Å². The van der Waals surface area contributed by atoms with Crippen LogP contribution in [0.4, 0.5) is 4.39 Å². The molecule has 10 heteroatoms. The van der Waals surface area contributed by atoms with Crippen LogP contribution in [0.15, 0.2) is 17.0 Å². The first-order valence-electron chi connectivity index (χ1n) is 5.89. The van der Waals surface area contributed by atoms with E-state index in [9.17, 15) is 17.6 Å². The number of rotatable bonds is 4. The van der Waals surface area contributed by atoms with Gasteiger partial charge in [-0.3, -0.25) is 0 Å². The molecular weight excluding hydrogens is 327 g/mol. The van der Waals surface area contributed by atoms with Crippen LogP contribution in [-0.2, 0) is 14.8 Å². The smallest absolute Gasteiger partial charge is 0.338 e. The van der Waals surface area contributed by atoms with Gasteiger partial charge in [0.15, 0.2) is 5.82 Å². The van der Waals surface area contributed by atoms with E-state index in [4.69, 9.17) is 21.4 Å². The molecule has 1 saturated heterocycles. The zero-order valence-corrected chi connectivity index (χ0v) is 12.2. The van der Waals surface area contributed by atoms with Gasteiger partial charge in [0.25, 0.3) is 10.0 Å². The topological polar surface area (TPSA) is 95.9 Å². The number of nitrogens with zero attached hydrogens (tertiary/aromatic N) is 1. The Labute approximate surface area is 125 Å². The summed E-state index contributed by atoms with van der Waals surface area (Å²) in [4.78, 5) is 12.3. The van der Waals surface area contributed by atoms with Gasteiger partial charge >= 0.3 is 5.97 Å². The van der Waals surface area contributed by atoms with Crippen molar-refractivity contribution in [2.45, 2.75) is 4.90 Å². The van der Waals surface area contributed by atoms with Crippen LogP contribution in [0.25, 0.3) is 0 Å². The number of carboxylic acids is 1. The van der Waals surface area contributed by atoms with Gasteiger partial charge in [0, 0.05) is 18.1 Å². The summed E-state index contributed by atoms with van der Waals surface area (Å²) in [6.45, 7) is 1.27. The Bertz CT molecular complexity index is 661. The van der Waals surface area contributed by atoms with E-state index >= 15 is 0 Å². The second-order valence-electron chi connectivity index (χ2n) is 4.26. The standard InChI is InChI=1S/C11H12ClFN2O5S/c12-7-5-8(11(16)17)10(13)9(6-7)21(18,19)14-15-1-3-20-4-2-15/h5-6,14H,1-4H2,(H,16,17). The molecule has 1 aromatic carbocycles. The van der Waals surface area contributed by atoms with Crippen LogP contribution in [-0.4, -0.2) is 50.8 Å². The quantitative estimate of drug-likeness (QED) is 0.839. The van der Waals surface area contributed by atoms with Crippen molar-refractivity contribution in [2.24, 2.45) is 0 Å². The molecule has 1 aliphatic rings. The summed E-state index contributed by atoms with van der Waals surface area (Å²) in [6, 6.07) is 1.72. The molecule has 7 nitrogen and oxygen atoms in total. The van der Waals surface area contributed by atoms with E-state index in [1.54, 1.807) is 0 Å². The molecule has 2 N–H and O–H groups in total. The van der Waals surface area contributed by atoms with Crippen LogP contribution in [0.3, 0.4) is 0 Å².